The molecule has 1 spiro atoms. The fourth-order valence-electron chi connectivity index (χ4n) is 3.70. The van der Waals surface area contributed by atoms with Crippen LogP contribution in [0.3, 0.4) is 0 Å². The molecule has 0 radical (unpaired) electrons. The Hall–Kier alpha value is -1.14. The number of carbonyl (C=O) groups is 2. The number of carbonyl (C=O) groups excluding carboxylic acids is 2. The lowest BCUT2D eigenvalue weighted by atomic mass is 9.85. The Morgan fingerprint density at radius 3 is 2.71 bits per heavy atom. The average Bonchev–Trinajstić information content (AvgIpc) is 3.29. The maximum Gasteiger partial charge on any atom is 0.231 e. The molecule has 0 aromatic rings. The van der Waals surface area contributed by atoms with Gasteiger partial charge in [-0.1, -0.05) is 0 Å². The number of hydrogen-bond donors (Lipinski definition) is 2. The second-order valence-corrected chi connectivity index (χ2v) is 6.91. The summed E-state index contributed by atoms with van der Waals surface area (Å²) in [5, 5.41) is 12.4. The van der Waals surface area contributed by atoms with Crippen LogP contribution in [-0.2, 0) is 9.59 Å². The van der Waals surface area contributed by atoms with Gasteiger partial charge in [0, 0.05) is 38.1 Å². The molecule has 2 N–H and O–H groups in total. The molecule has 2 saturated heterocycles. The van der Waals surface area contributed by atoms with Gasteiger partial charge in [0.2, 0.25) is 11.8 Å². The van der Waals surface area contributed by atoms with E-state index >= 15 is 0 Å². The summed E-state index contributed by atoms with van der Waals surface area (Å²) < 4.78 is 0. The van der Waals surface area contributed by atoms with Gasteiger partial charge < -0.3 is 15.3 Å². The molecule has 21 heavy (non-hydrogen) atoms. The zero-order valence-corrected chi connectivity index (χ0v) is 12.7. The molecule has 0 unspecified atom stereocenters. The van der Waals surface area contributed by atoms with E-state index < -0.39 is 5.41 Å². The Labute approximate surface area is 125 Å². The molecule has 118 valence electrons. The van der Waals surface area contributed by atoms with Gasteiger partial charge in [-0.05, 0) is 32.7 Å². The molecular formula is C15H25N3O3. The molecule has 2 aliphatic heterocycles. The van der Waals surface area contributed by atoms with Crippen LogP contribution in [0.25, 0.3) is 0 Å². The lowest BCUT2D eigenvalue weighted by Gasteiger charge is -2.49. The number of amides is 2. The normalized spacial score (nSPS) is 32.7. The van der Waals surface area contributed by atoms with Crippen molar-refractivity contribution < 1.29 is 14.7 Å². The summed E-state index contributed by atoms with van der Waals surface area (Å²) in [5.74, 6) is 0.221. The summed E-state index contributed by atoms with van der Waals surface area (Å²) in [6.07, 6.45) is 3.82. The second-order valence-electron chi connectivity index (χ2n) is 6.91. The smallest absolute Gasteiger partial charge is 0.231 e. The van der Waals surface area contributed by atoms with Crippen molar-refractivity contribution in [2.24, 2.45) is 5.41 Å². The number of piperazine rings is 1. The van der Waals surface area contributed by atoms with Gasteiger partial charge in [0.15, 0.2) is 0 Å². The Bertz CT molecular complexity index is 449. The first-order valence-electron chi connectivity index (χ1n) is 7.90. The molecule has 0 aromatic carbocycles. The van der Waals surface area contributed by atoms with E-state index in [9.17, 15) is 14.7 Å². The number of aliphatic hydroxyl groups is 1. The van der Waals surface area contributed by atoms with Crippen molar-refractivity contribution in [1.29, 1.82) is 0 Å². The van der Waals surface area contributed by atoms with E-state index in [1.54, 1.807) is 0 Å². The van der Waals surface area contributed by atoms with Gasteiger partial charge in [0.1, 0.15) is 0 Å². The van der Waals surface area contributed by atoms with Crippen LogP contribution < -0.4 is 5.32 Å². The standard InChI is InChI=1S/C15H25N3O3/c1-17-8-9-18(13(21)14(11-19)4-5-14)10-15(17)3-2-12(20)16-7-6-15/h19H,2-11H2,1H3,(H,16,20)/t15-/m1/s1. The minimum absolute atomic E-state index is 0.0365. The highest BCUT2D eigenvalue weighted by molar-refractivity contribution is 5.85. The van der Waals surface area contributed by atoms with Crippen molar-refractivity contribution in [2.45, 2.75) is 37.6 Å². The van der Waals surface area contributed by atoms with Crippen LogP contribution in [0.1, 0.15) is 32.1 Å². The summed E-state index contributed by atoms with van der Waals surface area (Å²) in [7, 11) is 2.09. The van der Waals surface area contributed by atoms with Crippen molar-refractivity contribution in [1.82, 2.24) is 15.1 Å². The first kappa shape index (κ1) is 14.8. The van der Waals surface area contributed by atoms with Gasteiger partial charge in [0.05, 0.1) is 12.0 Å². The molecule has 3 aliphatic rings. The van der Waals surface area contributed by atoms with Crippen LogP contribution in [0.5, 0.6) is 0 Å². The summed E-state index contributed by atoms with van der Waals surface area (Å²) in [4.78, 5) is 28.5. The summed E-state index contributed by atoms with van der Waals surface area (Å²) in [6, 6.07) is 0. The van der Waals surface area contributed by atoms with Crippen LogP contribution >= 0.6 is 0 Å². The van der Waals surface area contributed by atoms with Gasteiger partial charge >= 0.3 is 0 Å². The molecule has 1 aliphatic carbocycles. The monoisotopic (exact) mass is 295 g/mol. The maximum atomic E-state index is 12.7. The third-order valence-corrected chi connectivity index (χ3v) is 5.63. The van der Waals surface area contributed by atoms with Gasteiger partial charge in [0.25, 0.3) is 0 Å². The zero-order chi connectivity index (χ0) is 15.1. The summed E-state index contributed by atoms with van der Waals surface area (Å²) in [6.45, 7) is 2.88. The summed E-state index contributed by atoms with van der Waals surface area (Å²) in [5.41, 5.74) is -0.589. The van der Waals surface area contributed by atoms with E-state index in [0.717, 1.165) is 38.8 Å². The predicted molar refractivity (Wildman–Crippen MR) is 77.6 cm³/mol. The number of hydrogen-bond acceptors (Lipinski definition) is 4. The van der Waals surface area contributed by atoms with Crippen molar-refractivity contribution in [2.75, 3.05) is 39.8 Å². The zero-order valence-electron chi connectivity index (χ0n) is 12.7. The van der Waals surface area contributed by atoms with Crippen molar-refractivity contribution >= 4 is 11.8 Å². The van der Waals surface area contributed by atoms with Gasteiger partial charge in [-0.3, -0.25) is 14.5 Å². The lowest BCUT2D eigenvalue weighted by Crippen LogP contribution is -2.63. The SMILES string of the molecule is CN1CCN(C(=O)C2(CO)CC2)C[C@@]12CCNC(=O)CC2. The van der Waals surface area contributed by atoms with Crippen LogP contribution in [0, 0.1) is 5.41 Å². The molecule has 3 rings (SSSR count). The molecule has 6 nitrogen and oxygen atoms in total. The van der Waals surface area contributed by atoms with Crippen molar-refractivity contribution in [3.8, 4) is 0 Å². The highest BCUT2D eigenvalue weighted by atomic mass is 16.3. The van der Waals surface area contributed by atoms with Gasteiger partial charge in [-0.25, -0.2) is 0 Å². The third-order valence-electron chi connectivity index (χ3n) is 5.63. The largest absolute Gasteiger partial charge is 0.395 e. The minimum atomic E-state index is -0.490. The molecule has 1 saturated carbocycles. The fourth-order valence-corrected chi connectivity index (χ4v) is 3.70. The highest BCUT2D eigenvalue weighted by Gasteiger charge is 2.53. The maximum absolute atomic E-state index is 12.7. The van der Waals surface area contributed by atoms with E-state index in [4.69, 9.17) is 0 Å². The number of nitrogens with zero attached hydrogens (tertiary/aromatic N) is 2. The van der Waals surface area contributed by atoms with Crippen LogP contribution in [0.2, 0.25) is 0 Å². The molecule has 0 aromatic heterocycles. The number of rotatable bonds is 2. The van der Waals surface area contributed by atoms with Crippen molar-refractivity contribution in [3.05, 3.63) is 0 Å². The first-order chi connectivity index (χ1) is 10.0. The fraction of sp³-hybridized carbons (Fsp3) is 0.867. The van der Waals surface area contributed by atoms with Gasteiger partial charge in [-0.2, -0.15) is 0 Å². The van der Waals surface area contributed by atoms with Crippen LogP contribution in [0.15, 0.2) is 0 Å². The first-order valence-corrected chi connectivity index (χ1v) is 7.90. The number of nitrogens with one attached hydrogen (secondary N) is 1. The Morgan fingerprint density at radius 2 is 2.05 bits per heavy atom. The van der Waals surface area contributed by atoms with E-state index in [-0.39, 0.29) is 24.0 Å². The molecule has 1 atom stereocenters. The van der Waals surface area contributed by atoms with Crippen molar-refractivity contribution in [3.63, 3.8) is 0 Å². The van der Waals surface area contributed by atoms with Crippen LogP contribution in [0.4, 0.5) is 0 Å². The quantitative estimate of drug-likeness (QED) is 0.725. The number of aliphatic hydroxyl groups excluding tert-OH is 1. The number of likely N-dealkylation sites (N-methyl/N-ethyl adjacent to an activating group) is 1. The Kier molecular flexibility index (Phi) is 3.69. The molecule has 0 bridgehead atoms. The Morgan fingerprint density at radius 1 is 1.29 bits per heavy atom. The van der Waals surface area contributed by atoms with E-state index in [1.165, 1.54) is 0 Å². The Balaban J connectivity index is 1.75. The summed E-state index contributed by atoms with van der Waals surface area (Å²) >= 11 is 0. The molecular weight excluding hydrogens is 270 g/mol. The molecule has 2 heterocycles. The lowest BCUT2D eigenvalue weighted by molar-refractivity contribution is -0.144. The predicted octanol–water partition coefficient (Wildman–Crippen LogP) is -0.428. The van der Waals surface area contributed by atoms with E-state index in [1.807, 2.05) is 4.90 Å². The minimum Gasteiger partial charge on any atom is -0.395 e. The molecule has 6 heteroatoms. The molecule has 3 fully saturated rings. The average molecular weight is 295 g/mol. The van der Waals surface area contributed by atoms with Gasteiger partial charge in [-0.15, -0.1) is 0 Å². The van der Waals surface area contributed by atoms with E-state index in [2.05, 4.69) is 17.3 Å². The molecule has 2 amide bonds. The third kappa shape index (κ3) is 2.55. The second kappa shape index (κ2) is 5.25. The van der Waals surface area contributed by atoms with Crippen LogP contribution in [-0.4, -0.2) is 72.1 Å². The topological polar surface area (TPSA) is 72.9 Å². The van der Waals surface area contributed by atoms with E-state index in [0.29, 0.717) is 19.5 Å². The highest BCUT2D eigenvalue weighted by Crippen LogP contribution is 2.47.